The van der Waals surface area contributed by atoms with E-state index in [1.807, 2.05) is 0 Å². The number of benzene rings is 2. The minimum Gasteiger partial charge on any atom is -0.486 e. The summed E-state index contributed by atoms with van der Waals surface area (Å²) in [4.78, 5) is 14.4. The molecule has 0 atom stereocenters. The van der Waals surface area contributed by atoms with E-state index in [2.05, 4.69) is 0 Å². The molecule has 2 aromatic carbocycles. The molecule has 2 aliphatic rings. The molecular weight excluding hydrogens is 333 g/mol. The number of halogens is 2. The van der Waals surface area contributed by atoms with Crippen molar-refractivity contribution in [2.75, 3.05) is 24.7 Å². The smallest absolute Gasteiger partial charge is 0.258 e. The number of anilines is 1. The van der Waals surface area contributed by atoms with Crippen LogP contribution >= 0.6 is 11.6 Å². The van der Waals surface area contributed by atoms with Gasteiger partial charge in [-0.1, -0.05) is 11.6 Å². The molecule has 0 N–H and O–H groups in total. The summed E-state index contributed by atoms with van der Waals surface area (Å²) in [6, 6.07) is 8.01. The number of carbonyl (C=O) groups excluding carboxylic acids is 1. The second kappa shape index (κ2) is 5.98. The number of ether oxygens (including phenoxy) is 2. The Labute approximate surface area is 143 Å². The molecule has 0 saturated carbocycles. The molecule has 24 heavy (non-hydrogen) atoms. The molecule has 4 rings (SSSR count). The zero-order valence-corrected chi connectivity index (χ0v) is 13.6. The van der Waals surface area contributed by atoms with Crippen molar-refractivity contribution in [3.63, 3.8) is 0 Å². The molecule has 0 bridgehead atoms. The molecule has 0 saturated heterocycles. The number of aryl methyl sites for hydroxylation is 1. The van der Waals surface area contributed by atoms with Crippen LogP contribution < -0.4 is 14.4 Å². The number of rotatable bonds is 1. The Balaban J connectivity index is 1.72. The van der Waals surface area contributed by atoms with Gasteiger partial charge in [0.25, 0.3) is 5.91 Å². The summed E-state index contributed by atoms with van der Waals surface area (Å²) in [7, 11) is 0. The van der Waals surface area contributed by atoms with E-state index < -0.39 is 5.82 Å². The Kier molecular flexibility index (Phi) is 3.81. The monoisotopic (exact) mass is 347 g/mol. The summed E-state index contributed by atoms with van der Waals surface area (Å²) >= 11 is 5.93. The van der Waals surface area contributed by atoms with Crippen molar-refractivity contribution in [1.29, 1.82) is 0 Å². The largest absolute Gasteiger partial charge is 0.486 e. The third-order valence-corrected chi connectivity index (χ3v) is 4.46. The molecule has 1 amide bonds. The predicted molar refractivity (Wildman–Crippen MR) is 88.8 cm³/mol. The van der Waals surface area contributed by atoms with E-state index in [0.717, 1.165) is 12.0 Å². The van der Waals surface area contributed by atoms with Gasteiger partial charge >= 0.3 is 0 Å². The molecule has 124 valence electrons. The topological polar surface area (TPSA) is 38.8 Å². The Hall–Kier alpha value is -2.27. The Morgan fingerprint density at radius 1 is 1.12 bits per heavy atom. The zero-order valence-electron chi connectivity index (χ0n) is 12.9. The highest BCUT2D eigenvalue weighted by molar-refractivity contribution is 6.30. The SMILES string of the molecule is O=C(c1ccc2c(c1)OCCO2)N1CCCc2cc(Cl)cc(F)c21. The third kappa shape index (κ3) is 2.59. The molecule has 2 aliphatic heterocycles. The van der Waals surface area contributed by atoms with Gasteiger partial charge in [-0.25, -0.2) is 4.39 Å². The lowest BCUT2D eigenvalue weighted by Gasteiger charge is -2.30. The first-order valence-corrected chi connectivity index (χ1v) is 8.21. The molecule has 0 aromatic heterocycles. The predicted octanol–water partition coefficient (Wildman–Crippen LogP) is 3.84. The Morgan fingerprint density at radius 3 is 2.75 bits per heavy atom. The highest BCUT2D eigenvalue weighted by Gasteiger charge is 2.28. The van der Waals surface area contributed by atoms with E-state index in [0.29, 0.717) is 54.0 Å². The van der Waals surface area contributed by atoms with Crippen LogP contribution in [-0.4, -0.2) is 25.7 Å². The van der Waals surface area contributed by atoms with Crippen molar-refractivity contribution in [3.8, 4) is 11.5 Å². The molecule has 0 spiro atoms. The zero-order chi connectivity index (χ0) is 16.7. The van der Waals surface area contributed by atoms with Crippen LogP contribution in [0.1, 0.15) is 22.3 Å². The lowest BCUT2D eigenvalue weighted by molar-refractivity contribution is 0.0983. The van der Waals surface area contributed by atoms with Crippen molar-refractivity contribution < 1.29 is 18.7 Å². The van der Waals surface area contributed by atoms with Gasteiger partial charge in [-0.2, -0.15) is 0 Å². The van der Waals surface area contributed by atoms with Crippen LogP contribution in [0.4, 0.5) is 10.1 Å². The van der Waals surface area contributed by atoms with E-state index >= 15 is 0 Å². The summed E-state index contributed by atoms with van der Waals surface area (Å²) in [6.07, 6.45) is 1.47. The van der Waals surface area contributed by atoms with Crippen molar-refractivity contribution in [3.05, 3.63) is 52.3 Å². The fraction of sp³-hybridized carbons (Fsp3) is 0.278. The standard InChI is InChI=1S/C18H15ClFNO3/c19-13-8-11-2-1-5-21(17(11)14(20)10-13)18(22)12-3-4-15-16(9-12)24-7-6-23-15/h3-4,8-10H,1-2,5-7H2. The number of hydrogen-bond donors (Lipinski definition) is 0. The average molecular weight is 348 g/mol. The lowest BCUT2D eigenvalue weighted by atomic mass is 10.00. The molecule has 2 aromatic rings. The Morgan fingerprint density at radius 2 is 1.92 bits per heavy atom. The van der Waals surface area contributed by atoms with E-state index in [1.54, 1.807) is 24.3 Å². The average Bonchev–Trinajstić information content (AvgIpc) is 2.60. The first-order chi connectivity index (χ1) is 11.6. The van der Waals surface area contributed by atoms with Gasteiger partial charge in [-0.3, -0.25) is 4.79 Å². The van der Waals surface area contributed by atoms with Crippen LogP contribution in [0.5, 0.6) is 11.5 Å². The van der Waals surface area contributed by atoms with Gasteiger partial charge in [0.15, 0.2) is 11.5 Å². The Bertz CT molecular complexity index is 824. The molecular formula is C18H15ClFNO3. The molecule has 0 aliphatic carbocycles. The normalized spacial score (nSPS) is 15.8. The van der Waals surface area contributed by atoms with Crippen LogP contribution in [0.15, 0.2) is 30.3 Å². The van der Waals surface area contributed by atoms with Crippen molar-refractivity contribution in [2.24, 2.45) is 0 Å². The molecule has 6 heteroatoms. The fourth-order valence-corrected chi connectivity index (χ4v) is 3.41. The van der Waals surface area contributed by atoms with Gasteiger partial charge in [-0.15, -0.1) is 0 Å². The van der Waals surface area contributed by atoms with Crippen LogP contribution in [0.3, 0.4) is 0 Å². The van der Waals surface area contributed by atoms with Crippen LogP contribution in [0.25, 0.3) is 0 Å². The quantitative estimate of drug-likeness (QED) is 0.786. The second-order valence-electron chi connectivity index (χ2n) is 5.81. The van der Waals surface area contributed by atoms with E-state index in [4.69, 9.17) is 21.1 Å². The van der Waals surface area contributed by atoms with Crippen molar-refractivity contribution >= 4 is 23.2 Å². The number of fused-ring (bicyclic) bond motifs is 2. The maximum absolute atomic E-state index is 14.4. The first-order valence-electron chi connectivity index (χ1n) is 7.83. The van der Waals surface area contributed by atoms with Crippen LogP contribution in [0, 0.1) is 5.82 Å². The summed E-state index contributed by atoms with van der Waals surface area (Å²) in [5.74, 6) is 0.438. The molecule has 0 fully saturated rings. The van der Waals surface area contributed by atoms with Crippen molar-refractivity contribution in [2.45, 2.75) is 12.8 Å². The van der Waals surface area contributed by atoms with Gasteiger partial charge in [0.2, 0.25) is 0 Å². The highest BCUT2D eigenvalue weighted by Crippen LogP contribution is 2.35. The van der Waals surface area contributed by atoms with Crippen molar-refractivity contribution in [1.82, 2.24) is 0 Å². The fourth-order valence-electron chi connectivity index (χ4n) is 3.19. The summed E-state index contributed by atoms with van der Waals surface area (Å²) < 4.78 is 25.4. The van der Waals surface area contributed by atoms with Crippen LogP contribution in [-0.2, 0) is 6.42 Å². The summed E-state index contributed by atoms with van der Waals surface area (Å²) in [5.41, 5.74) is 1.53. The molecule has 0 unspecified atom stereocenters. The van der Waals surface area contributed by atoms with E-state index in [-0.39, 0.29) is 5.91 Å². The van der Waals surface area contributed by atoms with Gasteiger partial charge in [0.1, 0.15) is 19.0 Å². The highest BCUT2D eigenvalue weighted by atomic mass is 35.5. The van der Waals surface area contributed by atoms with E-state index in [1.165, 1.54) is 11.0 Å². The van der Waals surface area contributed by atoms with Gasteiger partial charge in [-0.05, 0) is 48.7 Å². The molecule has 4 nitrogen and oxygen atoms in total. The number of nitrogens with zero attached hydrogens (tertiary/aromatic N) is 1. The number of amides is 1. The maximum atomic E-state index is 14.4. The van der Waals surface area contributed by atoms with Gasteiger partial charge < -0.3 is 14.4 Å². The van der Waals surface area contributed by atoms with Gasteiger partial charge in [0, 0.05) is 17.1 Å². The number of hydrogen-bond acceptors (Lipinski definition) is 3. The maximum Gasteiger partial charge on any atom is 0.258 e. The number of carbonyl (C=O) groups is 1. The third-order valence-electron chi connectivity index (χ3n) is 4.24. The van der Waals surface area contributed by atoms with E-state index in [9.17, 15) is 9.18 Å². The summed E-state index contributed by atoms with van der Waals surface area (Å²) in [5, 5.41) is 0.347. The minimum absolute atomic E-state index is 0.255. The molecule has 0 radical (unpaired) electrons. The summed E-state index contributed by atoms with van der Waals surface area (Å²) in [6.45, 7) is 1.41. The minimum atomic E-state index is -0.469. The van der Waals surface area contributed by atoms with Crippen LogP contribution in [0.2, 0.25) is 5.02 Å². The first kappa shape index (κ1) is 15.3. The second-order valence-corrected chi connectivity index (χ2v) is 6.25. The van der Waals surface area contributed by atoms with Gasteiger partial charge in [0.05, 0.1) is 5.69 Å². The molecule has 2 heterocycles. The lowest BCUT2D eigenvalue weighted by Crippen LogP contribution is -2.36.